The first kappa shape index (κ1) is 13.3. The zero-order valence-electron chi connectivity index (χ0n) is 11.7. The van der Waals surface area contributed by atoms with Gasteiger partial charge in [0.1, 0.15) is 21.9 Å². The van der Waals surface area contributed by atoms with Gasteiger partial charge in [0.15, 0.2) is 0 Å². The zero-order valence-corrected chi connectivity index (χ0v) is 12.5. The molecule has 1 aliphatic carbocycles. The lowest BCUT2D eigenvalue weighted by atomic mass is 9.98. The topological polar surface area (TPSA) is 75.1 Å². The Labute approximate surface area is 121 Å². The molecule has 0 bridgehead atoms. The Morgan fingerprint density at radius 2 is 2.15 bits per heavy atom. The molecule has 0 amide bonds. The number of anilines is 1. The van der Waals surface area contributed by atoms with E-state index in [4.69, 9.17) is 0 Å². The molecule has 20 heavy (non-hydrogen) atoms. The van der Waals surface area contributed by atoms with Crippen LogP contribution in [0.4, 0.5) is 5.82 Å². The summed E-state index contributed by atoms with van der Waals surface area (Å²) >= 11 is 1.21. The van der Waals surface area contributed by atoms with Gasteiger partial charge in [-0.2, -0.15) is 0 Å². The minimum atomic E-state index is -0.905. The number of nitrogens with one attached hydrogen (secondary N) is 1. The monoisotopic (exact) mass is 291 g/mol. The molecule has 3 rings (SSSR count). The van der Waals surface area contributed by atoms with Gasteiger partial charge in [0, 0.05) is 5.54 Å². The Balaban J connectivity index is 2.09. The first-order chi connectivity index (χ1) is 9.40. The van der Waals surface area contributed by atoms with E-state index in [-0.39, 0.29) is 5.54 Å². The number of nitrogens with zero attached hydrogens (tertiary/aromatic N) is 2. The van der Waals surface area contributed by atoms with E-state index < -0.39 is 5.97 Å². The number of hydrogen-bond acceptors (Lipinski definition) is 5. The van der Waals surface area contributed by atoms with Crippen LogP contribution in [0, 0.1) is 12.8 Å². The summed E-state index contributed by atoms with van der Waals surface area (Å²) in [6.07, 6.45) is 3.96. The highest BCUT2D eigenvalue weighted by molar-refractivity contribution is 7.20. The predicted molar refractivity (Wildman–Crippen MR) is 79.5 cm³/mol. The zero-order chi connectivity index (χ0) is 14.5. The number of fused-ring (bicyclic) bond motifs is 1. The van der Waals surface area contributed by atoms with Crippen molar-refractivity contribution in [3.63, 3.8) is 0 Å². The number of aromatic nitrogens is 2. The van der Waals surface area contributed by atoms with E-state index in [1.54, 1.807) is 0 Å². The molecule has 0 radical (unpaired) electrons. The molecule has 5 nitrogen and oxygen atoms in total. The molecule has 2 aromatic rings. The normalized spacial score (nSPS) is 15.6. The number of aromatic carboxylic acids is 1. The molecule has 1 fully saturated rings. The van der Waals surface area contributed by atoms with E-state index in [9.17, 15) is 9.90 Å². The highest BCUT2D eigenvalue weighted by Crippen LogP contribution is 2.42. The molecule has 1 saturated carbocycles. The Hall–Kier alpha value is -1.69. The van der Waals surface area contributed by atoms with Crippen LogP contribution >= 0.6 is 11.3 Å². The number of aryl methyl sites for hydroxylation is 1. The van der Waals surface area contributed by atoms with Gasteiger partial charge in [0.25, 0.3) is 0 Å². The first-order valence-corrected chi connectivity index (χ1v) is 7.47. The van der Waals surface area contributed by atoms with Crippen LogP contribution in [0.15, 0.2) is 6.33 Å². The molecule has 0 aromatic carbocycles. The van der Waals surface area contributed by atoms with Crippen LogP contribution in [-0.2, 0) is 0 Å². The number of carbonyl (C=O) groups is 1. The number of rotatable bonds is 4. The fourth-order valence-corrected chi connectivity index (χ4v) is 3.57. The second kappa shape index (κ2) is 4.41. The van der Waals surface area contributed by atoms with Crippen LogP contribution in [0.5, 0.6) is 0 Å². The van der Waals surface area contributed by atoms with E-state index in [0.717, 1.165) is 21.6 Å². The van der Waals surface area contributed by atoms with Crippen LogP contribution in [0.25, 0.3) is 10.2 Å². The number of thiophene rings is 1. The third kappa shape index (κ3) is 2.14. The number of carboxylic acid groups (broad SMARTS) is 1. The smallest absolute Gasteiger partial charge is 0.346 e. The van der Waals surface area contributed by atoms with Gasteiger partial charge in [0.2, 0.25) is 0 Å². The lowest BCUT2D eigenvalue weighted by molar-refractivity contribution is 0.0701. The first-order valence-electron chi connectivity index (χ1n) is 6.65. The van der Waals surface area contributed by atoms with Gasteiger partial charge in [-0.3, -0.25) is 0 Å². The van der Waals surface area contributed by atoms with Crippen LogP contribution < -0.4 is 5.32 Å². The van der Waals surface area contributed by atoms with Gasteiger partial charge in [0.05, 0.1) is 5.39 Å². The molecule has 0 atom stereocenters. The Morgan fingerprint density at radius 3 is 2.75 bits per heavy atom. The van der Waals surface area contributed by atoms with Crippen molar-refractivity contribution in [3.8, 4) is 0 Å². The molecule has 2 N–H and O–H groups in total. The summed E-state index contributed by atoms with van der Waals surface area (Å²) in [5, 5.41) is 13.5. The Kier molecular flexibility index (Phi) is 2.93. The molecule has 2 heterocycles. The summed E-state index contributed by atoms with van der Waals surface area (Å²) < 4.78 is 0. The third-order valence-electron chi connectivity index (χ3n) is 3.96. The van der Waals surface area contributed by atoms with Crippen LogP contribution in [-0.4, -0.2) is 26.6 Å². The van der Waals surface area contributed by atoms with Gasteiger partial charge in [-0.25, -0.2) is 14.8 Å². The van der Waals surface area contributed by atoms with E-state index in [2.05, 4.69) is 29.1 Å². The van der Waals surface area contributed by atoms with Gasteiger partial charge in [-0.05, 0) is 45.1 Å². The molecule has 0 unspecified atom stereocenters. The minimum absolute atomic E-state index is 0.0287. The lowest BCUT2D eigenvalue weighted by Gasteiger charge is -2.27. The second-order valence-electron chi connectivity index (χ2n) is 5.88. The standard InChI is InChI=1S/C14H17N3O2S/c1-7-9-11(17-14(2,3)8-4-5-8)15-6-16-12(9)20-10(7)13(18)19/h6,8H,4-5H2,1-3H3,(H,18,19)(H,15,16,17). The molecule has 6 heteroatoms. The quantitative estimate of drug-likeness (QED) is 0.904. The van der Waals surface area contributed by atoms with E-state index >= 15 is 0 Å². The van der Waals surface area contributed by atoms with Gasteiger partial charge in [-0.15, -0.1) is 11.3 Å². The summed E-state index contributed by atoms with van der Waals surface area (Å²) in [6.45, 7) is 6.15. The Morgan fingerprint density at radius 1 is 1.45 bits per heavy atom. The van der Waals surface area contributed by atoms with Gasteiger partial charge >= 0.3 is 5.97 Å². The highest BCUT2D eigenvalue weighted by atomic mass is 32.1. The largest absolute Gasteiger partial charge is 0.477 e. The van der Waals surface area contributed by atoms with Gasteiger partial charge in [-0.1, -0.05) is 0 Å². The van der Waals surface area contributed by atoms with Crippen molar-refractivity contribution in [3.05, 3.63) is 16.8 Å². The van der Waals surface area contributed by atoms with Gasteiger partial charge < -0.3 is 10.4 Å². The van der Waals surface area contributed by atoms with E-state index in [0.29, 0.717) is 10.8 Å². The van der Waals surface area contributed by atoms with Crippen LogP contribution in [0.1, 0.15) is 41.9 Å². The average Bonchev–Trinajstić information content (AvgIpc) is 3.15. The van der Waals surface area contributed by atoms with E-state index in [1.165, 1.54) is 30.5 Å². The van der Waals surface area contributed by atoms with E-state index in [1.807, 2.05) is 6.92 Å². The third-order valence-corrected chi connectivity index (χ3v) is 5.15. The predicted octanol–water partition coefficient (Wildman–Crippen LogP) is 3.30. The molecule has 106 valence electrons. The number of hydrogen-bond donors (Lipinski definition) is 2. The fourth-order valence-electron chi connectivity index (χ4n) is 2.58. The molecule has 0 saturated heterocycles. The maximum absolute atomic E-state index is 11.2. The summed E-state index contributed by atoms with van der Waals surface area (Å²) in [5.74, 6) is 0.497. The van der Waals surface area contributed by atoms with Crippen molar-refractivity contribution >= 4 is 33.3 Å². The SMILES string of the molecule is Cc1c(C(=O)O)sc2ncnc(NC(C)(C)C3CC3)c12. The molecule has 0 spiro atoms. The summed E-state index contributed by atoms with van der Waals surface area (Å²) in [4.78, 5) is 20.8. The number of carboxylic acids is 1. The van der Waals surface area contributed by atoms with Crippen LogP contribution in [0.3, 0.4) is 0 Å². The summed E-state index contributed by atoms with van der Waals surface area (Å²) in [5.41, 5.74) is 0.714. The molecule has 2 aromatic heterocycles. The second-order valence-corrected chi connectivity index (χ2v) is 6.88. The molecule has 1 aliphatic rings. The van der Waals surface area contributed by atoms with Crippen molar-refractivity contribution in [2.24, 2.45) is 5.92 Å². The highest BCUT2D eigenvalue weighted by Gasteiger charge is 2.38. The van der Waals surface area contributed by atoms with Crippen molar-refractivity contribution in [1.29, 1.82) is 0 Å². The maximum atomic E-state index is 11.2. The van der Waals surface area contributed by atoms with Crippen molar-refractivity contribution < 1.29 is 9.90 Å². The van der Waals surface area contributed by atoms with Crippen molar-refractivity contribution in [2.45, 2.75) is 39.2 Å². The van der Waals surface area contributed by atoms with Crippen LogP contribution in [0.2, 0.25) is 0 Å². The summed E-state index contributed by atoms with van der Waals surface area (Å²) in [6, 6.07) is 0. The summed E-state index contributed by atoms with van der Waals surface area (Å²) in [7, 11) is 0. The molecular weight excluding hydrogens is 274 g/mol. The molecular formula is C14H17N3O2S. The molecule has 0 aliphatic heterocycles. The lowest BCUT2D eigenvalue weighted by Crippen LogP contribution is -2.33. The Bertz CT molecular complexity index is 689. The van der Waals surface area contributed by atoms with Crippen molar-refractivity contribution in [2.75, 3.05) is 5.32 Å². The van der Waals surface area contributed by atoms with Crippen molar-refractivity contribution in [1.82, 2.24) is 9.97 Å². The fraction of sp³-hybridized carbons (Fsp3) is 0.500. The maximum Gasteiger partial charge on any atom is 0.346 e. The minimum Gasteiger partial charge on any atom is -0.477 e. The average molecular weight is 291 g/mol.